The Hall–Kier alpha value is -0.0200. The van der Waals surface area contributed by atoms with Crippen LogP contribution in [-0.4, -0.2) is 24.7 Å². The Morgan fingerprint density at radius 1 is 0.654 bits per heavy atom. The van der Waals surface area contributed by atoms with Crippen LogP contribution in [0.25, 0.3) is 0 Å². The van der Waals surface area contributed by atoms with E-state index in [9.17, 15) is 4.57 Å². The Bertz CT molecular complexity index is 298. The predicted octanol–water partition coefficient (Wildman–Crippen LogP) is 7.18. The summed E-state index contributed by atoms with van der Waals surface area (Å²) in [4.78, 5) is 8.44. The highest BCUT2D eigenvalue weighted by Gasteiger charge is 1.97. The van der Waals surface area contributed by atoms with Gasteiger partial charge in [-0.1, -0.05) is 104 Å². The maximum Gasteiger partial charge on any atom is 0.366 e. The molecule has 0 amide bonds. The molecule has 0 aliphatic heterocycles. The van der Waals surface area contributed by atoms with Crippen LogP contribution in [0.15, 0.2) is 0 Å². The molecule has 0 fully saturated rings. The molecule has 1 atom stereocenters. The molecule has 0 aromatic rings. The van der Waals surface area contributed by atoms with E-state index in [1.807, 2.05) is 0 Å². The molecule has 0 aromatic carbocycles. The minimum absolute atomic E-state index is 0.198. The summed E-state index contributed by atoms with van der Waals surface area (Å²) in [6.45, 7) is 5.96. The molecule has 5 heteroatoms. The third-order valence-electron chi connectivity index (χ3n) is 4.75. The van der Waals surface area contributed by atoms with Gasteiger partial charge in [-0.3, -0.25) is 9.42 Å². The van der Waals surface area contributed by atoms with E-state index in [2.05, 4.69) is 18.4 Å². The first kappa shape index (κ1) is 26.0. The van der Waals surface area contributed by atoms with Crippen molar-refractivity contribution in [1.29, 1.82) is 0 Å². The van der Waals surface area contributed by atoms with Crippen LogP contribution in [0.5, 0.6) is 0 Å². The van der Waals surface area contributed by atoms with Crippen molar-refractivity contribution < 1.29 is 18.7 Å². The van der Waals surface area contributed by atoms with Gasteiger partial charge in [-0.25, -0.2) is 4.57 Å². The Kier molecular flexibility index (Phi) is 21.3. The summed E-state index contributed by atoms with van der Waals surface area (Å²) in [6.07, 6.45) is 20.5. The molecule has 0 heterocycles. The van der Waals surface area contributed by atoms with Crippen molar-refractivity contribution in [1.82, 2.24) is 0 Å². The summed E-state index contributed by atoms with van der Waals surface area (Å²) in [5, 5.41) is 0. The molecule has 0 saturated heterocycles. The molecular weight excluding hydrogens is 347 g/mol. The number of hydrogen-bond acceptors (Lipinski definition) is 3. The van der Waals surface area contributed by atoms with Crippen LogP contribution < -0.4 is 0 Å². The van der Waals surface area contributed by atoms with E-state index in [1.54, 1.807) is 0 Å². The van der Waals surface area contributed by atoms with Crippen LogP contribution in [0.2, 0.25) is 0 Å². The first-order valence-corrected chi connectivity index (χ1v) is 12.1. The van der Waals surface area contributed by atoms with Crippen LogP contribution in [-0.2, 0) is 13.8 Å². The molecule has 1 N–H and O–H groups in total. The van der Waals surface area contributed by atoms with Gasteiger partial charge in [0.15, 0.2) is 0 Å². The van der Waals surface area contributed by atoms with Crippen LogP contribution in [0.4, 0.5) is 0 Å². The molecule has 0 aromatic heterocycles. The lowest BCUT2D eigenvalue weighted by Crippen LogP contribution is -2.02. The fourth-order valence-electron chi connectivity index (χ4n) is 3.15. The van der Waals surface area contributed by atoms with Crippen molar-refractivity contribution in [3.05, 3.63) is 0 Å². The molecular formula is C21H44O4P. The summed E-state index contributed by atoms with van der Waals surface area (Å²) < 4.78 is 20.1. The zero-order valence-electron chi connectivity index (χ0n) is 17.4. The van der Waals surface area contributed by atoms with Crippen LogP contribution >= 0.6 is 8.25 Å². The molecule has 1 radical (unpaired) electrons. The summed E-state index contributed by atoms with van der Waals surface area (Å²) >= 11 is 0. The van der Waals surface area contributed by atoms with Gasteiger partial charge in [0, 0.05) is 6.61 Å². The Morgan fingerprint density at radius 3 is 1.50 bits per heavy atom. The quantitative estimate of drug-likeness (QED) is 0.166. The maximum absolute atomic E-state index is 10.3. The Morgan fingerprint density at radius 2 is 1.08 bits per heavy atom. The van der Waals surface area contributed by atoms with Crippen LogP contribution in [0.3, 0.4) is 0 Å². The Labute approximate surface area is 163 Å². The molecule has 0 bridgehead atoms. The van der Waals surface area contributed by atoms with E-state index < -0.39 is 8.25 Å². The van der Waals surface area contributed by atoms with E-state index in [-0.39, 0.29) is 6.61 Å². The van der Waals surface area contributed by atoms with E-state index in [0.717, 1.165) is 18.9 Å². The van der Waals surface area contributed by atoms with Crippen LogP contribution in [0, 0.1) is 5.92 Å². The third kappa shape index (κ3) is 24.0. The van der Waals surface area contributed by atoms with Gasteiger partial charge < -0.3 is 4.74 Å². The monoisotopic (exact) mass is 391 g/mol. The SMILES string of the molecule is CC(C)CCCCCCCCCCCCCCCCOCCO[P](=O)O. The number of ether oxygens (including phenoxy) is 1. The molecule has 1 unspecified atom stereocenters. The second kappa shape index (κ2) is 21.3. The van der Waals surface area contributed by atoms with E-state index in [4.69, 9.17) is 9.63 Å². The topological polar surface area (TPSA) is 55.8 Å². The molecule has 26 heavy (non-hydrogen) atoms. The summed E-state index contributed by atoms with van der Waals surface area (Å²) in [5.74, 6) is 0.871. The van der Waals surface area contributed by atoms with Gasteiger partial charge in [-0.2, -0.15) is 0 Å². The average molecular weight is 392 g/mol. The predicted molar refractivity (Wildman–Crippen MR) is 111 cm³/mol. The second-order valence-electron chi connectivity index (χ2n) is 7.82. The minimum atomic E-state index is -2.48. The first-order chi connectivity index (χ1) is 12.6. The van der Waals surface area contributed by atoms with Gasteiger partial charge in [0.2, 0.25) is 0 Å². The van der Waals surface area contributed by atoms with Crippen molar-refractivity contribution >= 4 is 8.25 Å². The Balaban J connectivity index is 3.00. The van der Waals surface area contributed by atoms with Gasteiger partial charge in [-0.15, -0.1) is 0 Å². The smallest absolute Gasteiger partial charge is 0.366 e. The summed E-state index contributed by atoms with van der Waals surface area (Å²) in [5.41, 5.74) is 0. The molecule has 157 valence electrons. The molecule has 4 nitrogen and oxygen atoms in total. The fraction of sp³-hybridized carbons (Fsp3) is 1.00. The van der Waals surface area contributed by atoms with Crippen LogP contribution in [0.1, 0.15) is 110 Å². The van der Waals surface area contributed by atoms with Crippen molar-refractivity contribution in [2.24, 2.45) is 5.92 Å². The summed E-state index contributed by atoms with van der Waals surface area (Å²) in [7, 11) is -2.48. The highest BCUT2D eigenvalue weighted by Crippen LogP contribution is 2.15. The minimum Gasteiger partial charge on any atom is -0.379 e. The van der Waals surface area contributed by atoms with Gasteiger partial charge in [0.05, 0.1) is 13.2 Å². The molecule has 0 rings (SSSR count). The standard InChI is InChI=1S/C21H44O4P/c1-21(2)17-15-13-11-9-7-5-3-4-6-8-10-12-14-16-18-24-19-20-25-26(22)23/h21H,3-20H2,1-2H3,(H,22,23). The summed E-state index contributed by atoms with van der Waals surface area (Å²) in [6, 6.07) is 0. The molecule has 0 saturated carbocycles. The zero-order chi connectivity index (χ0) is 19.3. The fourth-order valence-corrected chi connectivity index (χ4v) is 3.39. The lowest BCUT2D eigenvalue weighted by Gasteiger charge is -2.05. The van der Waals surface area contributed by atoms with E-state index >= 15 is 0 Å². The van der Waals surface area contributed by atoms with Gasteiger partial charge in [0.25, 0.3) is 0 Å². The normalized spacial score (nSPS) is 12.1. The molecule has 0 aliphatic rings. The largest absolute Gasteiger partial charge is 0.379 e. The van der Waals surface area contributed by atoms with Crippen molar-refractivity contribution in [3.63, 3.8) is 0 Å². The zero-order valence-corrected chi connectivity index (χ0v) is 18.3. The van der Waals surface area contributed by atoms with Crippen molar-refractivity contribution in [2.75, 3.05) is 19.8 Å². The number of rotatable bonds is 21. The van der Waals surface area contributed by atoms with Gasteiger partial charge >= 0.3 is 8.25 Å². The van der Waals surface area contributed by atoms with Crippen molar-refractivity contribution in [3.8, 4) is 0 Å². The number of hydrogen-bond donors (Lipinski definition) is 1. The third-order valence-corrected chi connectivity index (χ3v) is 5.15. The lowest BCUT2D eigenvalue weighted by molar-refractivity contribution is 0.0955. The highest BCUT2D eigenvalue weighted by atomic mass is 31.1. The molecule has 0 spiro atoms. The average Bonchev–Trinajstić information content (AvgIpc) is 2.59. The first-order valence-electron chi connectivity index (χ1n) is 11.0. The second-order valence-corrected chi connectivity index (χ2v) is 8.55. The van der Waals surface area contributed by atoms with Crippen molar-refractivity contribution in [2.45, 2.75) is 110 Å². The van der Waals surface area contributed by atoms with Gasteiger partial charge in [-0.05, 0) is 12.3 Å². The number of unbranched alkanes of at least 4 members (excludes halogenated alkanes) is 13. The highest BCUT2D eigenvalue weighted by molar-refractivity contribution is 7.32. The maximum atomic E-state index is 10.3. The van der Waals surface area contributed by atoms with E-state index in [0.29, 0.717) is 6.61 Å². The van der Waals surface area contributed by atoms with E-state index in [1.165, 1.54) is 89.9 Å². The lowest BCUT2D eigenvalue weighted by atomic mass is 10.0. The molecule has 0 aliphatic carbocycles. The van der Waals surface area contributed by atoms with Gasteiger partial charge in [0.1, 0.15) is 0 Å².